The summed E-state index contributed by atoms with van der Waals surface area (Å²) in [5, 5.41) is 7.98. The second kappa shape index (κ2) is 6.37. The molecule has 1 aromatic carbocycles. The van der Waals surface area contributed by atoms with Gasteiger partial charge in [-0.25, -0.2) is 13.6 Å². The fourth-order valence-corrected chi connectivity index (χ4v) is 2.47. The van der Waals surface area contributed by atoms with Crippen molar-refractivity contribution in [1.29, 1.82) is 0 Å². The standard InChI is InChI=1S/C14H22N2O3S/c1-5-10(3)11(4)16-14(17)12-6-9(2)7-13(8-12)20(15,18)19/h6-8,10-11H,5H2,1-4H3,(H,16,17)(H2,15,18,19). The monoisotopic (exact) mass is 298 g/mol. The Morgan fingerprint density at radius 1 is 1.30 bits per heavy atom. The van der Waals surface area contributed by atoms with Crippen LogP contribution in [0.5, 0.6) is 0 Å². The Morgan fingerprint density at radius 2 is 1.90 bits per heavy atom. The third-order valence-corrected chi connectivity index (χ3v) is 4.39. The number of rotatable bonds is 5. The molecule has 6 heteroatoms. The zero-order chi connectivity index (χ0) is 15.5. The van der Waals surface area contributed by atoms with Gasteiger partial charge in [-0.2, -0.15) is 0 Å². The van der Waals surface area contributed by atoms with E-state index in [1.165, 1.54) is 12.1 Å². The van der Waals surface area contributed by atoms with Crippen molar-refractivity contribution in [3.63, 3.8) is 0 Å². The van der Waals surface area contributed by atoms with E-state index in [1.54, 1.807) is 13.0 Å². The number of nitrogens with two attached hydrogens (primary N) is 1. The summed E-state index contributed by atoms with van der Waals surface area (Å²) in [6, 6.07) is 4.42. The Kier molecular flexibility index (Phi) is 5.30. The first-order chi connectivity index (χ1) is 9.15. The van der Waals surface area contributed by atoms with Gasteiger partial charge in [-0.15, -0.1) is 0 Å². The lowest BCUT2D eigenvalue weighted by Gasteiger charge is -2.20. The van der Waals surface area contributed by atoms with E-state index in [2.05, 4.69) is 19.2 Å². The number of nitrogens with one attached hydrogen (secondary N) is 1. The highest BCUT2D eigenvalue weighted by molar-refractivity contribution is 7.89. The first-order valence-corrected chi connectivity index (χ1v) is 8.15. The van der Waals surface area contributed by atoms with E-state index in [1.807, 2.05) is 6.92 Å². The van der Waals surface area contributed by atoms with Crippen molar-refractivity contribution in [2.75, 3.05) is 0 Å². The lowest BCUT2D eigenvalue weighted by atomic mass is 10.0. The van der Waals surface area contributed by atoms with Crippen molar-refractivity contribution in [2.24, 2.45) is 11.1 Å². The van der Waals surface area contributed by atoms with Crippen molar-refractivity contribution in [3.8, 4) is 0 Å². The van der Waals surface area contributed by atoms with Gasteiger partial charge in [0.05, 0.1) is 4.90 Å². The lowest BCUT2D eigenvalue weighted by Crippen LogP contribution is -2.37. The summed E-state index contributed by atoms with van der Waals surface area (Å²) < 4.78 is 22.8. The molecule has 0 aliphatic carbocycles. The number of carbonyl (C=O) groups excluding carboxylic acids is 1. The average Bonchev–Trinajstić information content (AvgIpc) is 2.35. The molecule has 2 atom stereocenters. The summed E-state index contributed by atoms with van der Waals surface area (Å²) in [5.74, 6) is 0.0628. The van der Waals surface area contributed by atoms with Gasteiger partial charge >= 0.3 is 0 Å². The van der Waals surface area contributed by atoms with E-state index in [0.29, 0.717) is 17.0 Å². The van der Waals surface area contributed by atoms with Crippen LogP contribution in [0.1, 0.15) is 43.1 Å². The van der Waals surface area contributed by atoms with Crippen molar-refractivity contribution in [1.82, 2.24) is 5.32 Å². The molecule has 1 aromatic rings. The Labute approximate surface area is 120 Å². The molecule has 0 saturated heterocycles. The molecule has 0 aliphatic rings. The second-order valence-corrected chi connectivity index (χ2v) is 6.79. The number of sulfonamides is 1. The molecule has 3 N–H and O–H groups in total. The first-order valence-electron chi connectivity index (χ1n) is 6.60. The topological polar surface area (TPSA) is 89.3 Å². The van der Waals surface area contributed by atoms with Gasteiger partial charge in [0, 0.05) is 11.6 Å². The molecule has 112 valence electrons. The highest BCUT2D eigenvalue weighted by Gasteiger charge is 2.17. The van der Waals surface area contributed by atoms with Crippen LogP contribution >= 0.6 is 0 Å². The molecule has 0 aromatic heterocycles. The van der Waals surface area contributed by atoms with E-state index < -0.39 is 10.0 Å². The van der Waals surface area contributed by atoms with Crippen LogP contribution in [-0.4, -0.2) is 20.4 Å². The number of aryl methyl sites for hydroxylation is 1. The summed E-state index contributed by atoms with van der Waals surface area (Å²) >= 11 is 0. The second-order valence-electron chi connectivity index (χ2n) is 5.23. The van der Waals surface area contributed by atoms with Gasteiger partial charge in [0.2, 0.25) is 10.0 Å². The minimum Gasteiger partial charge on any atom is -0.349 e. The molecule has 0 saturated carbocycles. The molecule has 0 bridgehead atoms. The number of primary sulfonamides is 1. The molecule has 1 rings (SSSR count). The van der Waals surface area contributed by atoms with Gasteiger partial charge in [0.1, 0.15) is 0 Å². The molecule has 1 amide bonds. The van der Waals surface area contributed by atoms with Crippen LogP contribution in [0.25, 0.3) is 0 Å². The molecule has 0 fully saturated rings. The maximum Gasteiger partial charge on any atom is 0.251 e. The van der Waals surface area contributed by atoms with Gasteiger partial charge in [0.15, 0.2) is 0 Å². The van der Waals surface area contributed by atoms with E-state index in [0.717, 1.165) is 6.42 Å². The number of benzene rings is 1. The van der Waals surface area contributed by atoms with Gasteiger partial charge in [0.25, 0.3) is 5.91 Å². The van der Waals surface area contributed by atoms with E-state index >= 15 is 0 Å². The number of hydrogen-bond acceptors (Lipinski definition) is 3. The van der Waals surface area contributed by atoms with Crippen LogP contribution in [-0.2, 0) is 10.0 Å². The molecule has 2 unspecified atom stereocenters. The van der Waals surface area contributed by atoms with Crippen LogP contribution in [0.2, 0.25) is 0 Å². The zero-order valence-electron chi connectivity index (χ0n) is 12.3. The minimum absolute atomic E-state index is 0.0194. The predicted molar refractivity (Wildman–Crippen MR) is 78.9 cm³/mol. The highest BCUT2D eigenvalue weighted by atomic mass is 32.2. The van der Waals surface area contributed by atoms with Crippen LogP contribution in [0, 0.1) is 12.8 Å². The van der Waals surface area contributed by atoms with Crippen LogP contribution < -0.4 is 10.5 Å². The van der Waals surface area contributed by atoms with Crippen molar-refractivity contribution < 1.29 is 13.2 Å². The fraction of sp³-hybridized carbons (Fsp3) is 0.500. The maximum atomic E-state index is 12.2. The van der Waals surface area contributed by atoms with E-state index in [-0.39, 0.29) is 16.8 Å². The Bertz CT molecular complexity index is 596. The third-order valence-electron chi connectivity index (χ3n) is 3.50. The SMILES string of the molecule is CCC(C)C(C)NC(=O)c1cc(C)cc(S(N)(=O)=O)c1. The van der Waals surface area contributed by atoms with Crippen LogP contribution in [0.3, 0.4) is 0 Å². The van der Waals surface area contributed by atoms with Crippen LogP contribution in [0.15, 0.2) is 23.1 Å². The quantitative estimate of drug-likeness (QED) is 0.868. The highest BCUT2D eigenvalue weighted by Crippen LogP contribution is 2.15. The lowest BCUT2D eigenvalue weighted by molar-refractivity contribution is 0.0928. The first kappa shape index (κ1) is 16.7. The smallest absolute Gasteiger partial charge is 0.251 e. The van der Waals surface area contributed by atoms with Gasteiger partial charge in [-0.05, 0) is 43.5 Å². The molecule has 20 heavy (non-hydrogen) atoms. The summed E-state index contributed by atoms with van der Waals surface area (Å²) in [6.07, 6.45) is 0.956. The summed E-state index contributed by atoms with van der Waals surface area (Å²) in [6.45, 7) is 7.77. The Balaban J connectivity index is 3.03. The van der Waals surface area contributed by atoms with Gasteiger partial charge in [-0.1, -0.05) is 20.3 Å². The van der Waals surface area contributed by atoms with E-state index in [4.69, 9.17) is 5.14 Å². The third kappa shape index (κ3) is 4.31. The molecule has 0 aliphatic heterocycles. The molecular formula is C14H22N2O3S. The van der Waals surface area contributed by atoms with Crippen molar-refractivity contribution in [2.45, 2.75) is 45.1 Å². The van der Waals surface area contributed by atoms with Gasteiger partial charge in [-0.3, -0.25) is 4.79 Å². The molecule has 0 spiro atoms. The fourth-order valence-electron chi connectivity index (χ4n) is 1.83. The Hall–Kier alpha value is -1.40. The van der Waals surface area contributed by atoms with Crippen LogP contribution in [0.4, 0.5) is 0 Å². The molecule has 0 heterocycles. The average molecular weight is 298 g/mol. The largest absolute Gasteiger partial charge is 0.349 e. The van der Waals surface area contributed by atoms with E-state index in [9.17, 15) is 13.2 Å². The van der Waals surface area contributed by atoms with Crippen molar-refractivity contribution in [3.05, 3.63) is 29.3 Å². The zero-order valence-corrected chi connectivity index (χ0v) is 13.1. The number of hydrogen-bond donors (Lipinski definition) is 2. The molecular weight excluding hydrogens is 276 g/mol. The van der Waals surface area contributed by atoms with Gasteiger partial charge < -0.3 is 5.32 Å². The normalized spacial score (nSPS) is 14.7. The summed E-state index contributed by atoms with van der Waals surface area (Å²) in [5.41, 5.74) is 0.988. The summed E-state index contributed by atoms with van der Waals surface area (Å²) in [4.78, 5) is 12.1. The molecule has 5 nitrogen and oxygen atoms in total. The Morgan fingerprint density at radius 3 is 2.40 bits per heavy atom. The molecule has 0 radical (unpaired) electrons. The number of amides is 1. The number of carbonyl (C=O) groups is 1. The minimum atomic E-state index is -3.81. The predicted octanol–water partition coefficient (Wildman–Crippen LogP) is 1.81. The van der Waals surface area contributed by atoms with Crippen molar-refractivity contribution >= 4 is 15.9 Å². The summed E-state index contributed by atoms with van der Waals surface area (Å²) in [7, 11) is -3.81. The maximum absolute atomic E-state index is 12.2.